The summed E-state index contributed by atoms with van der Waals surface area (Å²) in [6.07, 6.45) is 0. The van der Waals surface area contributed by atoms with Crippen LogP contribution in [0.3, 0.4) is 0 Å². The molecule has 0 bridgehead atoms. The highest BCUT2D eigenvalue weighted by Crippen LogP contribution is 2.35. The third-order valence-electron chi connectivity index (χ3n) is 2.79. The van der Waals surface area contributed by atoms with Gasteiger partial charge in [-0.2, -0.15) is 0 Å². The molecule has 0 aromatic heterocycles. The predicted molar refractivity (Wildman–Crippen MR) is 80.1 cm³/mol. The summed E-state index contributed by atoms with van der Waals surface area (Å²) in [5, 5.41) is 22.6. The van der Waals surface area contributed by atoms with Gasteiger partial charge in [0.05, 0.1) is 17.2 Å². The summed E-state index contributed by atoms with van der Waals surface area (Å²) in [4.78, 5) is 0. The third kappa shape index (κ3) is 3.21. The van der Waals surface area contributed by atoms with Gasteiger partial charge in [-0.15, -0.1) is 0 Å². The van der Waals surface area contributed by atoms with Crippen LogP contribution in [0.5, 0.6) is 17.2 Å². The number of hydrogen-bond donors (Lipinski definition) is 3. The van der Waals surface area contributed by atoms with E-state index in [0.29, 0.717) is 23.5 Å². The molecule has 2 aromatic rings. The first-order chi connectivity index (χ1) is 9.51. The Labute approximate surface area is 126 Å². The maximum atomic E-state index is 9.77. The molecule has 0 heterocycles. The molecule has 0 aliphatic carbocycles. The summed E-state index contributed by atoms with van der Waals surface area (Å²) < 4.78 is 5.10. The Kier molecular flexibility index (Phi) is 4.47. The molecule has 0 spiro atoms. The second kappa shape index (κ2) is 6.11. The van der Waals surface area contributed by atoms with Crippen LogP contribution < -0.4 is 10.1 Å². The largest absolute Gasteiger partial charge is 0.508 e. The molecular weight excluding hydrogens is 301 g/mol. The van der Waals surface area contributed by atoms with Gasteiger partial charge in [0.25, 0.3) is 0 Å². The van der Waals surface area contributed by atoms with Gasteiger partial charge in [-0.3, -0.25) is 0 Å². The van der Waals surface area contributed by atoms with Gasteiger partial charge in [-0.05, 0) is 30.3 Å². The molecule has 20 heavy (non-hydrogen) atoms. The van der Waals surface area contributed by atoms with Crippen molar-refractivity contribution in [2.75, 3.05) is 12.4 Å². The zero-order valence-corrected chi connectivity index (χ0v) is 12.2. The van der Waals surface area contributed by atoms with E-state index < -0.39 is 0 Å². The molecule has 0 fully saturated rings. The second-order valence-corrected chi connectivity index (χ2v) is 4.95. The van der Waals surface area contributed by atoms with Crippen molar-refractivity contribution in [2.24, 2.45) is 0 Å². The van der Waals surface area contributed by atoms with E-state index in [4.69, 9.17) is 27.9 Å². The molecule has 6 heteroatoms. The van der Waals surface area contributed by atoms with Crippen LogP contribution in [0.2, 0.25) is 10.0 Å². The summed E-state index contributed by atoms with van der Waals surface area (Å²) in [6.45, 7) is 0.362. The Hall–Kier alpha value is -1.78. The summed E-state index contributed by atoms with van der Waals surface area (Å²) >= 11 is 11.7. The van der Waals surface area contributed by atoms with E-state index in [1.165, 1.54) is 0 Å². The fourth-order valence-electron chi connectivity index (χ4n) is 1.70. The summed E-state index contributed by atoms with van der Waals surface area (Å²) in [5.41, 5.74) is 1.31. The van der Waals surface area contributed by atoms with Gasteiger partial charge in [0, 0.05) is 17.8 Å². The minimum atomic E-state index is -0.150. The molecular formula is C14H13Cl2NO3. The fourth-order valence-corrected chi connectivity index (χ4v) is 2.18. The number of anilines is 1. The van der Waals surface area contributed by atoms with E-state index in [1.54, 1.807) is 37.4 Å². The Bertz CT molecular complexity index is 609. The molecule has 2 aromatic carbocycles. The van der Waals surface area contributed by atoms with E-state index in [1.807, 2.05) is 0 Å². The number of nitrogens with one attached hydrogen (secondary N) is 1. The molecule has 0 aliphatic heterocycles. The fraction of sp³-hybridized carbons (Fsp3) is 0.143. The van der Waals surface area contributed by atoms with Crippen molar-refractivity contribution in [1.82, 2.24) is 0 Å². The number of ether oxygens (including phenoxy) is 1. The standard InChI is InChI=1S/C14H13Cl2NO3/c1-20-10-2-3-13(18)8(4-10)7-17-9-5-11(15)14(19)12(16)6-9/h2-6,17-19H,7H2,1H3. The van der Waals surface area contributed by atoms with E-state index in [0.717, 1.165) is 0 Å². The molecule has 0 atom stereocenters. The van der Waals surface area contributed by atoms with Crippen LogP contribution in [-0.4, -0.2) is 17.3 Å². The van der Waals surface area contributed by atoms with Crippen molar-refractivity contribution in [3.63, 3.8) is 0 Å². The molecule has 0 amide bonds. The number of halogens is 2. The predicted octanol–water partition coefficient (Wildman–Crippen LogP) is 4.03. The van der Waals surface area contributed by atoms with Crippen LogP contribution in [0.4, 0.5) is 5.69 Å². The molecule has 0 saturated heterocycles. The van der Waals surface area contributed by atoms with Crippen molar-refractivity contribution in [3.8, 4) is 17.2 Å². The van der Waals surface area contributed by atoms with Crippen LogP contribution >= 0.6 is 23.2 Å². The topological polar surface area (TPSA) is 61.7 Å². The average Bonchev–Trinajstić information content (AvgIpc) is 2.43. The van der Waals surface area contributed by atoms with Gasteiger partial charge >= 0.3 is 0 Å². The van der Waals surface area contributed by atoms with E-state index in [9.17, 15) is 10.2 Å². The van der Waals surface area contributed by atoms with Crippen molar-refractivity contribution in [3.05, 3.63) is 45.9 Å². The van der Waals surface area contributed by atoms with Crippen LogP contribution in [0.1, 0.15) is 5.56 Å². The molecule has 0 aliphatic rings. The molecule has 0 unspecified atom stereocenters. The first kappa shape index (κ1) is 14.6. The Morgan fingerprint density at radius 2 is 1.75 bits per heavy atom. The van der Waals surface area contributed by atoms with Crippen LogP contribution in [0, 0.1) is 0 Å². The third-order valence-corrected chi connectivity index (χ3v) is 3.36. The smallest absolute Gasteiger partial charge is 0.152 e. The number of hydrogen-bond acceptors (Lipinski definition) is 4. The molecule has 4 nitrogen and oxygen atoms in total. The van der Waals surface area contributed by atoms with Crippen molar-refractivity contribution in [1.29, 1.82) is 0 Å². The number of methoxy groups -OCH3 is 1. The van der Waals surface area contributed by atoms with Gasteiger partial charge in [0.15, 0.2) is 5.75 Å². The van der Waals surface area contributed by atoms with Gasteiger partial charge in [0.2, 0.25) is 0 Å². The highest BCUT2D eigenvalue weighted by molar-refractivity contribution is 6.37. The molecule has 3 N–H and O–H groups in total. The lowest BCUT2D eigenvalue weighted by Crippen LogP contribution is -2.00. The van der Waals surface area contributed by atoms with Gasteiger partial charge < -0.3 is 20.3 Å². The maximum Gasteiger partial charge on any atom is 0.152 e. The zero-order chi connectivity index (χ0) is 14.7. The Morgan fingerprint density at radius 1 is 1.10 bits per heavy atom. The SMILES string of the molecule is COc1ccc(O)c(CNc2cc(Cl)c(O)c(Cl)c2)c1. The lowest BCUT2D eigenvalue weighted by molar-refractivity contribution is 0.411. The summed E-state index contributed by atoms with van der Waals surface area (Å²) in [6, 6.07) is 8.08. The van der Waals surface area contributed by atoms with Crippen molar-refractivity contribution >= 4 is 28.9 Å². The van der Waals surface area contributed by atoms with Gasteiger partial charge in [0.1, 0.15) is 11.5 Å². The normalized spacial score (nSPS) is 10.3. The van der Waals surface area contributed by atoms with Gasteiger partial charge in [-0.1, -0.05) is 23.2 Å². The number of phenolic OH excluding ortho intramolecular Hbond substituents is 2. The number of benzene rings is 2. The van der Waals surface area contributed by atoms with Crippen LogP contribution in [0.25, 0.3) is 0 Å². The molecule has 0 radical (unpaired) electrons. The van der Waals surface area contributed by atoms with Crippen LogP contribution in [0.15, 0.2) is 30.3 Å². The molecule has 0 saturated carbocycles. The first-order valence-corrected chi connectivity index (χ1v) is 6.54. The van der Waals surface area contributed by atoms with E-state index in [2.05, 4.69) is 5.32 Å². The number of aromatic hydroxyl groups is 2. The average molecular weight is 314 g/mol. The monoisotopic (exact) mass is 313 g/mol. The highest BCUT2D eigenvalue weighted by Gasteiger charge is 2.08. The van der Waals surface area contributed by atoms with Crippen molar-refractivity contribution < 1.29 is 14.9 Å². The minimum absolute atomic E-state index is 0.150. The highest BCUT2D eigenvalue weighted by atomic mass is 35.5. The molecule has 2 rings (SSSR count). The number of rotatable bonds is 4. The lowest BCUT2D eigenvalue weighted by atomic mass is 10.2. The lowest BCUT2D eigenvalue weighted by Gasteiger charge is -2.11. The maximum absolute atomic E-state index is 9.77. The minimum Gasteiger partial charge on any atom is -0.508 e. The number of phenols is 2. The molecule has 106 valence electrons. The van der Waals surface area contributed by atoms with E-state index in [-0.39, 0.29) is 21.5 Å². The Morgan fingerprint density at radius 3 is 2.35 bits per heavy atom. The zero-order valence-electron chi connectivity index (χ0n) is 10.7. The first-order valence-electron chi connectivity index (χ1n) is 5.79. The van der Waals surface area contributed by atoms with Gasteiger partial charge in [-0.25, -0.2) is 0 Å². The Balaban J connectivity index is 2.16. The van der Waals surface area contributed by atoms with Crippen molar-refractivity contribution in [2.45, 2.75) is 6.54 Å². The quantitative estimate of drug-likeness (QED) is 0.746. The summed E-state index contributed by atoms with van der Waals surface area (Å²) in [5.74, 6) is 0.666. The second-order valence-electron chi connectivity index (χ2n) is 4.14. The van der Waals surface area contributed by atoms with Crippen LogP contribution in [-0.2, 0) is 6.54 Å². The van der Waals surface area contributed by atoms with E-state index >= 15 is 0 Å². The summed E-state index contributed by atoms with van der Waals surface area (Å²) in [7, 11) is 1.56.